The minimum Gasteiger partial charge on any atom is -0.480 e. The fraction of sp³-hybridized carbons (Fsp3) is 0.500. The van der Waals surface area contributed by atoms with Crippen molar-refractivity contribution in [2.45, 2.75) is 50.7 Å². The Morgan fingerprint density at radius 1 is 1.24 bits per heavy atom. The number of carbonyl (C=O) groups is 3. The summed E-state index contributed by atoms with van der Waals surface area (Å²) >= 11 is 0. The van der Waals surface area contributed by atoms with E-state index in [-0.39, 0.29) is 5.78 Å². The predicted octanol–water partition coefficient (Wildman–Crippen LogP) is 1.76. The van der Waals surface area contributed by atoms with E-state index in [2.05, 4.69) is 5.32 Å². The number of carboxylic acids is 1. The average Bonchev–Trinajstić information content (AvgIpc) is 3.08. The van der Waals surface area contributed by atoms with Gasteiger partial charge in [0.1, 0.15) is 6.04 Å². The lowest BCUT2D eigenvalue weighted by Crippen LogP contribution is -2.52. The number of benzene rings is 1. The highest BCUT2D eigenvalue weighted by molar-refractivity contribution is 5.92. The Labute approximate surface area is 146 Å². The van der Waals surface area contributed by atoms with Crippen LogP contribution in [-0.4, -0.2) is 57.6 Å². The Morgan fingerprint density at radius 3 is 2.52 bits per heavy atom. The van der Waals surface area contributed by atoms with Gasteiger partial charge in [0.05, 0.1) is 12.1 Å². The van der Waals surface area contributed by atoms with Crippen molar-refractivity contribution >= 4 is 17.8 Å². The van der Waals surface area contributed by atoms with E-state index in [1.807, 2.05) is 30.3 Å². The summed E-state index contributed by atoms with van der Waals surface area (Å²) in [5.41, 5.74) is 1.03. The second-order valence-corrected chi connectivity index (χ2v) is 6.34. The summed E-state index contributed by atoms with van der Waals surface area (Å²) in [5.74, 6) is -1.29. The molecule has 1 aliphatic rings. The molecule has 1 amide bonds. The zero-order valence-electron chi connectivity index (χ0n) is 14.2. The first kappa shape index (κ1) is 18.9. The van der Waals surface area contributed by atoms with E-state index in [0.29, 0.717) is 32.2 Å². The maximum absolute atomic E-state index is 12.5. The lowest BCUT2D eigenvalue weighted by Gasteiger charge is -2.25. The number of amides is 1. The van der Waals surface area contributed by atoms with E-state index >= 15 is 0 Å². The molecule has 1 aliphatic heterocycles. The minimum absolute atomic E-state index is 0.272. The van der Waals surface area contributed by atoms with Crippen molar-refractivity contribution in [3.63, 3.8) is 0 Å². The standard InChI is InChI=1S/C18H24N2O5/c1-12(16(21)15-8-5-11-20(15)18(24)25)19-14(17(22)23)10-9-13-6-3-2-4-7-13/h2-4,6-7,12,14-15,19H,5,8-11H2,1H3,(H,22,23)(H,24,25)/t12-,14+,15+/m1/s1. The smallest absolute Gasteiger partial charge is 0.407 e. The topological polar surface area (TPSA) is 107 Å². The molecule has 1 fully saturated rings. The van der Waals surface area contributed by atoms with Gasteiger partial charge < -0.3 is 10.2 Å². The first-order valence-electron chi connectivity index (χ1n) is 8.46. The third-order valence-electron chi connectivity index (χ3n) is 4.57. The van der Waals surface area contributed by atoms with Crippen molar-refractivity contribution < 1.29 is 24.6 Å². The summed E-state index contributed by atoms with van der Waals surface area (Å²) in [5, 5.41) is 21.4. The maximum Gasteiger partial charge on any atom is 0.407 e. The lowest BCUT2D eigenvalue weighted by atomic mass is 10.0. The van der Waals surface area contributed by atoms with E-state index in [4.69, 9.17) is 5.11 Å². The van der Waals surface area contributed by atoms with Crippen molar-refractivity contribution in [1.29, 1.82) is 0 Å². The largest absolute Gasteiger partial charge is 0.480 e. The Hall–Kier alpha value is -2.41. The van der Waals surface area contributed by atoms with Crippen LogP contribution in [0.15, 0.2) is 30.3 Å². The predicted molar refractivity (Wildman–Crippen MR) is 91.5 cm³/mol. The SMILES string of the molecule is C[C@@H](N[C@@H](CCc1ccccc1)C(=O)O)C(=O)[C@@H]1CCCN1C(=O)O. The second kappa shape index (κ2) is 8.62. The van der Waals surface area contributed by atoms with Crippen LogP contribution in [0.25, 0.3) is 0 Å². The molecule has 1 heterocycles. The summed E-state index contributed by atoms with van der Waals surface area (Å²) < 4.78 is 0. The molecule has 136 valence electrons. The van der Waals surface area contributed by atoms with Gasteiger partial charge in [-0.2, -0.15) is 0 Å². The number of rotatable bonds is 8. The van der Waals surface area contributed by atoms with Gasteiger partial charge in [0, 0.05) is 6.54 Å². The Bertz CT molecular complexity index is 619. The molecule has 1 saturated heterocycles. The van der Waals surface area contributed by atoms with Gasteiger partial charge in [-0.1, -0.05) is 30.3 Å². The fourth-order valence-electron chi connectivity index (χ4n) is 3.20. The highest BCUT2D eigenvalue weighted by Crippen LogP contribution is 2.19. The van der Waals surface area contributed by atoms with E-state index in [1.54, 1.807) is 6.92 Å². The van der Waals surface area contributed by atoms with E-state index in [9.17, 15) is 19.5 Å². The highest BCUT2D eigenvalue weighted by Gasteiger charge is 2.37. The molecule has 2 rings (SSSR count). The molecule has 7 heteroatoms. The van der Waals surface area contributed by atoms with Crippen LogP contribution in [0.5, 0.6) is 0 Å². The summed E-state index contributed by atoms with van der Waals surface area (Å²) in [6, 6.07) is 7.26. The first-order valence-corrected chi connectivity index (χ1v) is 8.46. The van der Waals surface area contributed by atoms with Crippen LogP contribution in [0.4, 0.5) is 4.79 Å². The van der Waals surface area contributed by atoms with Crippen molar-refractivity contribution in [3.05, 3.63) is 35.9 Å². The number of nitrogens with one attached hydrogen (secondary N) is 1. The molecule has 0 saturated carbocycles. The van der Waals surface area contributed by atoms with Crippen LogP contribution < -0.4 is 5.32 Å². The van der Waals surface area contributed by atoms with Crippen molar-refractivity contribution in [3.8, 4) is 0 Å². The van der Waals surface area contributed by atoms with Crippen molar-refractivity contribution in [2.75, 3.05) is 6.54 Å². The van der Waals surface area contributed by atoms with Gasteiger partial charge in [-0.25, -0.2) is 4.79 Å². The molecule has 3 N–H and O–H groups in total. The van der Waals surface area contributed by atoms with Crippen LogP contribution in [-0.2, 0) is 16.0 Å². The van der Waals surface area contributed by atoms with Gasteiger partial charge in [0.15, 0.2) is 5.78 Å². The van der Waals surface area contributed by atoms with Gasteiger partial charge in [-0.15, -0.1) is 0 Å². The molecular weight excluding hydrogens is 324 g/mol. The quantitative estimate of drug-likeness (QED) is 0.661. The van der Waals surface area contributed by atoms with Crippen LogP contribution in [0.2, 0.25) is 0 Å². The number of likely N-dealkylation sites (tertiary alicyclic amines) is 1. The third kappa shape index (κ3) is 5.03. The lowest BCUT2D eigenvalue weighted by molar-refractivity contribution is -0.140. The number of Topliss-reactive ketones (excluding diaryl/α,β-unsaturated/α-hetero) is 1. The second-order valence-electron chi connectivity index (χ2n) is 6.34. The van der Waals surface area contributed by atoms with Crippen molar-refractivity contribution in [1.82, 2.24) is 10.2 Å². The van der Waals surface area contributed by atoms with Crippen LogP contribution in [0.1, 0.15) is 31.7 Å². The molecular formula is C18H24N2O5. The number of hydrogen-bond donors (Lipinski definition) is 3. The fourth-order valence-corrected chi connectivity index (χ4v) is 3.20. The zero-order valence-corrected chi connectivity index (χ0v) is 14.2. The van der Waals surface area contributed by atoms with Crippen LogP contribution in [0.3, 0.4) is 0 Å². The minimum atomic E-state index is -1.11. The Morgan fingerprint density at radius 2 is 1.92 bits per heavy atom. The summed E-state index contributed by atoms with van der Waals surface area (Å²) in [6.45, 7) is 1.94. The van der Waals surface area contributed by atoms with Crippen LogP contribution in [0, 0.1) is 0 Å². The molecule has 0 unspecified atom stereocenters. The van der Waals surface area contributed by atoms with E-state index in [1.165, 1.54) is 0 Å². The Balaban J connectivity index is 1.95. The van der Waals surface area contributed by atoms with Crippen LogP contribution >= 0.6 is 0 Å². The molecule has 0 aliphatic carbocycles. The monoisotopic (exact) mass is 348 g/mol. The highest BCUT2D eigenvalue weighted by atomic mass is 16.4. The molecule has 1 aromatic carbocycles. The van der Waals surface area contributed by atoms with E-state index in [0.717, 1.165) is 10.5 Å². The molecule has 3 atom stereocenters. The van der Waals surface area contributed by atoms with Gasteiger partial charge in [-0.05, 0) is 38.2 Å². The molecule has 25 heavy (non-hydrogen) atoms. The Kier molecular flexibility index (Phi) is 6.52. The molecule has 0 bridgehead atoms. The average molecular weight is 348 g/mol. The number of hydrogen-bond acceptors (Lipinski definition) is 4. The molecule has 0 aromatic heterocycles. The number of nitrogens with zero attached hydrogens (tertiary/aromatic N) is 1. The van der Waals surface area contributed by atoms with E-state index < -0.39 is 30.2 Å². The van der Waals surface area contributed by atoms with Gasteiger partial charge >= 0.3 is 12.1 Å². The number of aryl methyl sites for hydroxylation is 1. The summed E-state index contributed by atoms with van der Waals surface area (Å²) in [7, 11) is 0. The van der Waals surface area contributed by atoms with Gasteiger partial charge in [0.25, 0.3) is 0 Å². The summed E-state index contributed by atoms with van der Waals surface area (Å²) in [4.78, 5) is 36.4. The first-order chi connectivity index (χ1) is 11.9. The van der Waals surface area contributed by atoms with Gasteiger partial charge in [0.2, 0.25) is 0 Å². The maximum atomic E-state index is 12.5. The number of carboxylic acid groups (broad SMARTS) is 2. The molecule has 7 nitrogen and oxygen atoms in total. The number of aliphatic carboxylic acids is 1. The molecule has 0 radical (unpaired) electrons. The number of carbonyl (C=O) groups excluding carboxylic acids is 1. The van der Waals surface area contributed by atoms with Crippen molar-refractivity contribution in [2.24, 2.45) is 0 Å². The number of ketones is 1. The normalized spacial score (nSPS) is 19.4. The molecule has 0 spiro atoms. The molecule has 1 aromatic rings. The third-order valence-corrected chi connectivity index (χ3v) is 4.57. The van der Waals surface area contributed by atoms with Gasteiger partial charge in [-0.3, -0.25) is 19.8 Å². The summed E-state index contributed by atoms with van der Waals surface area (Å²) in [6.07, 6.45) is 0.952. The zero-order chi connectivity index (χ0) is 18.4.